The van der Waals surface area contributed by atoms with Gasteiger partial charge in [0.2, 0.25) is 0 Å². The van der Waals surface area contributed by atoms with E-state index in [1.165, 1.54) is 0 Å². The molecule has 1 N–H and O–H groups in total. The minimum Gasteiger partial charge on any atom is -0.384 e. The van der Waals surface area contributed by atoms with Crippen LogP contribution in [0.15, 0.2) is 16.6 Å². The van der Waals surface area contributed by atoms with Gasteiger partial charge in [0.1, 0.15) is 11.3 Å². The molecule has 1 aromatic heterocycles. The highest BCUT2D eigenvalue weighted by Gasteiger charge is 2.17. The summed E-state index contributed by atoms with van der Waals surface area (Å²) in [4.78, 5) is 4.33. The van der Waals surface area contributed by atoms with E-state index in [-0.39, 0.29) is 15.9 Å². The molecule has 1 heterocycles. The van der Waals surface area contributed by atoms with E-state index < -0.39 is 11.6 Å². The SMILES string of the molecule is CCCNc1cc(C(C)C)nc2c(F)cc(F)c(Br)c12. The molecular weight excluding hydrogens is 326 g/mol. The second-order valence-corrected chi connectivity index (χ2v) is 5.85. The predicted octanol–water partition coefficient (Wildman–Crippen LogP) is 5.22. The van der Waals surface area contributed by atoms with Crippen LogP contribution in [0.5, 0.6) is 0 Å². The minimum atomic E-state index is -0.636. The molecule has 0 aliphatic carbocycles. The number of nitrogens with one attached hydrogen (secondary N) is 1. The smallest absolute Gasteiger partial charge is 0.152 e. The number of aromatic nitrogens is 1. The molecule has 2 rings (SSSR count). The summed E-state index contributed by atoms with van der Waals surface area (Å²) in [6, 6.07) is 2.74. The van der Waals surface area contributed by atoms with E-state index in [9.17, 15) is 8.78 Å². The molecule has 0 atom stereocenters. The van der Waals surface area contributed by atoms with Crippen molar-refractivity contribution in [1.29, 1.82) is 0 Å². The second kappa shape index (κ2) is 6.04. The zero-order chi connectivity index (χ0) is 14.9. The largest absolute Gasteiger partial charge is 0.384 e. The molecule has 0 spiro atoms. The fraction of sp³-hybridized carbons (Fsp3) is 0.400. The van der Waals surface area contributed by atoms with Gasteiger partial charge < -0.3 is 5.32 Å². The number of benzene rings is 1. The first-order valence-corrected chi connectivity index (χ1v) is 7.47. The molecule has 2 nitrogen and oxygen atoms in total. The molecule has 0 aliphatic rings. The number of nitrogens with zero attached hydrogens (tertiary/aromatic N) is 1. The molecule has 1 aromatic carbocycles. The Bertz CT molecular complexity index is 642. The normalized spacial score (nSPS) is 11.3. The van der Waals surface area contributed by atoms with Crippen LogP contribution >= 0.6 is 15.9 Å². The van der Waals surface area contributed by atoms with Gasteiger partial charge in [-0.25, -0.2) is 13.8 Å². The maximum atomic E-state index is 14.0. The van der Waals surface area contributed by atoms with Gasteiger partial charge in [0.15, 0.2) is 5.82 Å². The highest BCUT2D eigenvalue weighted by molar-refractivity contribution is 9.10. The van der Waals surface area contributed by atoms with Crippen LogP contribution in [0.25, 0.3) is 10.9 Å². The molecule has 108 valence electrons. The Morgan fingerprint density at radius 3 is 2.55 bits per heavy atom. The summed E-state index contributed by atoms with van der Waals surface area (Å²) in [5.41, 5.74) is 1.70. The predicted molar refractivity (Wildman–Crippen MR) is 82.2 cm³/mol. The molecule has 2 aromatic rings. The van der Waals surface area contributed by atoms with Crippen LogP contribution < -0.4 is 5.32 Å². The van der Waals surface area contributed by atoms with Crippen LogP contribution in [-0.4, -0.2) is 11.5 Å². The third-order valence-corrected chi connectivity index (χ3v) is 3.88. The minimum absolute atomic E-state index is 0.171. The van der Waals surface area contributed by atoms with Gasteiger partial charge in [-0.3, -0.25) is 0 Å². The van der Waals surface area contributed by atoms with E-state index in [4.69, 9.17) is 0 Å². The summed E-state index contributed by atoms with van der Waals surface area (Å²) < 4.78 is 28.0. The molecule has 0 bridgehead atoms. The van der Waals surface area contributed by atoms with Gasteiger partial charge in [-0.05, 0) is 34.3 Å². The molecule has 0 amide bonds. The van der Waals surface area contributed by atoms with E-state index in [1.54, 1.807) is 0 Å². The summed E-state index contributed by atoms with van der Waals surface area (Å²) in [6.45, 7) is 6.76. The van der Waals surface area contributed by atoms with Crippen LogP contribution in [0.3, 0.4) is 0 Å². The van der Waals surface area contributed by atoms with E-state index in [0.717, 1.165) is 24.7 Å². The lowest BCUT2D eigenvalue weighted by molar-refractivity contribution is 0.586. The lowest BCUT2D eigenvalue weighted by Crippen LogP contribution is -2.05. The third-order valence-electron chi connectivity index (χ3n) is 3.11. The standard InChI is InChI=1S/C15H17BrF2N2/c1-4-5-19-12-7-11(8(2)3)20-15-10(18)6-9(17)14(16)13(12)15/h6-8H,4-5H2,1-3H3,(H,19,20). The van der Waals surface area contributed by atoms with Crippen LogP contribution in [0.2, 0.25) is 0 Å². The number of fused-ring (bicyclic) bond motifs is 1. The van der Waals surface area contributed by atoms with Crippen LogP contribution in [0.4, 0.5) is 14.5 Å². The molecule has 0 unspecified atom stereocenters. The summed E-state index contributed by atoms with van der Waals surface area (Å²) >= 11 is 3.20. The van der Waals surface area contributed by atoms with E-state index in [1.807, 2.05) is 26.8 Å². The van der Waals surface area contributed by atoms with Crippen molar-refractivity contribution in [2.24, 2.45) is 0 Å². The highest BCUT2D eigenvalue weighted by atomic mass is 79.9. The van der Waals surface area contributed by atoms with Crippen molar-refractivity contribution < 1.29 is 8.78 Å². The lowest BCUT2D eigenvalue weighted by atomic mass is 10.1. The summed E-state index contributed by atoms with van der Waals surface area (Å²) in [7, 11) is 0. The number of hydrogen-bond donors (Lipinski definition) is 1. The van der Waals surface area contributed by atoms with Crippen molar-refractivity contribution in [3.8, 4) is 0 Å². The van der Waals surface area contributed by atoms with Crippen LogP contribution in [0, 0.1) is 11.6 Å². The maximum absolute atomic E-state index is 14.0. The van der Waals surface area contributed by atoms with E-state index in [2.05, 4.69) is 26.2 Å². The van der Waals surface area contributed by atoms with Gasteiger partial charge in [-0.1, -0.05) is 20.8 Å². The Balaban J connectivity index is 2.77. The Kier molecular flexibility index (Phi) is 4.58. The highest BCUT2D eigenvalue weighted by Crippen LogP contribution is 2.35. The van der Waals surface area contributed by atoms with Gasteiger partial charge in [0.25, 0.3) is 0 Å². The van der Waals surface area contributed by atoms with Crippen LogP contribution in [0.1, 0.15) is 38.8 Å². The van der Waals surface area contributed by atoms with Crippen LogP contribution in [-0.2, 0) is 0 Å². The molecule has 0 fully saturated rings. The zero-order valence-electron chi connectivity index (χ0n) is 11.7. The average molecular weight is 343 g/mol. The van der Waals surface area contributed by atoms with Gasteiger partial charge in [-0.15, -0.1) is 0 Å². The lowest BCUT2D eigenvalue weighted by Gasteiger charge is -2.15. The van der Waals surface area contributed by atoms with Gasteiger partial charge in [0, 0.05) is 29.4 Å². The number of rotatable bonds is 4. The third kappa shape index (κ3) is 2.77. The summed E-state index contributed by atoms with van der Waals surface area (Å²) in [5.74, 6) is -1.08. The van der Waals surface area contributed by atoms with Crippen molar-refractivity contribution in [2.45, 2.75) is 33.1 Å². The van der Waals surface area contributed by atoms with Gasteiger partial charge >= 0.3 is 0 Å². The van der Waals surface area contributed by atoms with E-state index >= 15 is 0 Å². The monoisotopic (exact) mass is 342 g/mol. The fourth-order valence-corrected chi connectivity index (χ4v) is 2.53. The quantitative estimate of drug-likeness (QED) is 0.770. The zero-order valence-corrected chi connectivity index (χ0v) is 13.3. The van der Waals surface area contributed by atoms with Crippen molar-refractivity contribution in [1.82, 2.24) is 4.98 Å². The molecule has 0 aliphatic heterocycles. The first kappa shape index (κ1) is 15.2. The number of anilines is 1. The molecule has 0 radical (unpaired) electrons. The Morgan fingerprint density at radius 2 is 1.95 bits per heavy atom. The number of pyridine rings is 1. The number of halogens is 3. The Hall–Kier alpha value is -1.23. The van der Waals surface area contributed by atoms with E-state index in [0.29, 0.717) is 11.1 Å². The van der Waals surface area contributed by atoms with Crippen molar-refractivity contribution in [3.63, 3.8) is 0 Å². The molecular formula is C15H17BrF2N2. The summed E-state index contributed by atoms with van der Waals surface area (Å²) in [6.07, 6.45) is 0.927. The van der Waals surface area contributed by atoms with Crippen molar-refractivity contribution in [2.75, 3.05) is 11.9 Å². The van der Waals surface area contributed by atoms with Gasteiger partial charge in [-0.2, -0.15) is 0 Å². The topological polar surface area (TPSA) is 24.9 Å². The molecule has 5 heteroatoms. The number of hydrogen-bond acceptors (Lipinski definition) is 2. The van der Waals surface area contributed by atoms with Crippen molar-refractivity contribution >= 4 is 32.5 Å². The molecule has 0 saturated carbocycles. The average Bonchev–Trinajstić information content (AvgIpc) is 2.41. The van der Waals surface area contributed by atoms with Crippen molar-refractivity contribution in [3.05, 3.63) is 33.9 Å². The Labute approximate surface area is 125 Å². The fourth-order valence-electron chi connectivity index (χ4n) is 2.02. The Morgan fingerprint density at radius 1 is 1.25 bits per heavy atom. The molecule has 20 heavy (non-hydrogen) atoms. The first-order valence-electron chi connectivity index (χ1n) is 6.67. The van der Waals surface area contributed by atoms with Gasteiger partial charge in [0.05, 0.1) is 4.47 Å². The molecule has 0 saturated heterocycles. The second-order valence-electron chi connectivity index (χ2n) is 5.05. The maximum Gasteiger partial charge on any atom is 0.152 e. The first-order chi connectivity index (χ1) is 9.45. The summed E-state index contributed by atoms with van der Waals surface area (Å²) in [5, 5.41) is 3.68.